The van der Waals surface area contributed by atoms with Crippen LogP contribution in [0.4, 0.5) is 0 Å². The molecule has 0 saturated heterocycles. The van der Waals surface area contributed by atoms with Crippen molar-refractivity contribution in [3.8, 4) is 0 Å². The highest BCUT2D eigenvalue weighted by molar-refractivity contribution is 6.40. The first-order valence-corrected chi connectivity index (χ1v) is 8.35. The Morgan fingerprint density at radius 2 is 1.83 bits per heavy atom. The Hall–Kier alpha value is -1.41. The van der Waals surface area contributed by atoms with Gasteiger partial charge in [-0.1, -0.05) is 42.7 Å². The Labute approximate surface area is 144 Å². The van der Waals surface area contributed by atoms with Crippen molar-refractivity contribution in [2.24, 2.45) is 5.73 Å². The Kier molecular flexibility index (Phi) is 8.42. The number of nitrogens with two attached hydrogens (primary N) is 1. The van der Waals surface area contributed by atoms with Crippen molar-refractivity contribution in [3.05, 3.63) is 35.4 Å². The Bertz CT molecular complexity index is 510. The predicted molar refractivity (Wildman–Crippen MR) is 95.5 cm³/mol. The molecule has 24 heavy (non-hydrogen) atoms. The lowest BCUT2D eigenvalue weighted by Gasteiger charge is -2.27. The van der Waals surface area contributed by atoms with Crippen LogP contribution in [0.5, 0.6) is 0 Å². The molecule has 5 N–H and O–H groups in total. The van der Waals surface area contributed by atoms with Crippen LogP contribution in [-0.2, 0) is 11.3 Å². The van der Waals surface area contributed by atoms with Crippen molar-refractivity contribution in [3.63, 3.8) is 0 Å². The first-order valence-electron chi connectivity index (χ1n) is 8.35. The van der Waals surface area contributed by atoms with Gasteiger partial charge in [-0.05, 0) is 38.7 Å². The van der Waals surface area contributed by atoms with Gasteiger partial charge in [0.25, 0.3) is 0 Å². The largest absolute Gasteiger partial charge is 0.480 e. The van der Waals surface area contributed by atoms with Crippen LogP contribution in [0.15, 0.2) is 24.3 Å². The molecular formula is C17H29BN2O4. The second kappa shape index (κ2) is 9.79. The fourth-order valence-electron chi connectivity index (χ4n) is 2.58. The van der Waals surface area contributed by atoms with Gasteiger partial charge in [0.15, 0.2) is 0 Å². The van der Waals surface area contributed by atoms with Crippen LogP contribution < -0.4 is 5.73 Å². The highest BCUT2D eigenvalue weighted by Gasteiger charge is 2.33. The quantitative estimate of drug-likeness (QED) is 0.358. The van der Waals surface area contributed by atoms with Gasteiger partial charge in [0.05, 0.1) is 0 Å². The highest BCUT2D eigenvalue weighted by Crippen LogP contribution is 2.18. The van der Waals surface area contributed by atoms with Crippen LogP contribution in [0.2, 0.25) is 6.32 Å². The maximum absolute atomic E-state index is 11.5. The molecule has 0 aliphatic heterocycles. The maximum Gasteiger partial charge on any atom is 0.451 e. The summed E-state index contributed by atoms with van der Waals surface area (Å²) in [6, 6.07) is 8.25. The second-order valence-electron chi connectivity index (χ2n) is 6.66. The molecule has 0 radical (unpaired) electrons. The zero-order valence-corrected chi connectivity index (χ0v) is 14.6. The summed E-state index contributed by atoms with van der Waals surface area (Å²) in [7, 11) is 0.604. The molecule has 0 bridgehead atoms. The smallest absolute Gasteiger partial charge is 0.451 e. The van der Waals surface area contributed by atoms with E-state index in [4.69, 9.17) is 15.8 Å². The van der Waals surface area contributed by atoms with Crippen molar-refractivity contribution < 1.29 is 19.9 Å². The number of carbonyl (C=O) groups is 1. The molecule has 0 saturated carbocycles. The molecule has 0 spiro atoms. The van der Waals surface area contributed by atoms with Crippen LogP contribution in [0.25, 0.3) is 0 Å². The minimum atomic E-state index is -1.34. The number of hydrogen-bond donors (Lipinski definition) is 4. The minimum Gasteiger partial charge on any atom is -0.480 e. The number of carboxylic acids is 1. The number of nitrogens with zero attached hydrogens (tertiary/aromatic N) is 1. The molecule has 0 aromatic heterocycles. The van der Waals surface area contributed by atoms with E-state index >= 15 is 0 Å². The number of benzene rings is 1. The van der Waals surface area contributed by atoms with Gasteiger partial charge >= 0.3 is 13.1 Å². The predicted octanol–water partition coefficient (Wildman–Crippen LogP) is 1.24. The van der Waals surface area contributed by atoms with Gasteiger partial charge in [0, 0.05) is 13.1 Å². The summed E-state index contributed by atoms with van der Waals surface area (Å²) in [5.41, 5.74) is 7.18. The number of unbranched alkanes of at least 4 members (excludes halogenated alkanes) is 1. The molecular weight excluding hydrogens is 307 g/mol. The van der Waals surface area contributed by atoms with E-state index in [2.05, 4.69) is 29.2 Å². The maximum atomic E-state index is 11.5. The van der Waals surface area contributed by atoms with Crippen LogP contribution in [-0.4, -0.2) is 52.3 Å². The summed E-state index contributed by atoms with van der Waals surface area (Å²) in [6.45, 7) is 3.37. The van der Waals surface area contributed by atoms with Crippen LogP contribution in [0.3, 0.4) is 0 Å². The van der Waals surface area contributed by atoms with E-state index in [1.807, 2.05) is 14.0 Å². The Morgan fingerprint density at radius 1 is 1.21 bits per heavy atom. The zero-order chi connectivity index (χ0) is 18.2. The number of aliphatic carboxylic acids is 1. The lowest BCUT2D eigenvalue weighted by molar-refractivity contribution is -0.144. The third kappa shape index (κ3) is 7.44. The average Bonchev–Trinajstić information content (AvgIpc) is 2.51. The van der Waals surface area contributed by atoms with Gasteiger partial charge in [-0.25, -0.2) is 0 Å². The van der Waals surface area contributed by atoms with Crippen LogP contribution >= 0.6 is 0 Å². The summed E-state index contributed by atoms with van der Waals surface area (Å²) in [5, 5.41) is 27.1. The Morgan fingerprint density at radius 3 is 2.38 bits per heavy atom. The van der Waals surface area contributed by atoms with Gasteiger partial charge < -0.3 is 25.8 Å². The van der Waals surface area contributed by atoms with Crippen molar-refractivity contribution in [1.29, 1.82) is 0 Å². The normalized spacial score (nSPS) is 13.8. The first-order chi connectivity index (χ1) is 11.2. The molecule has 1 atom stereocenters. The number of carboxylic acid groups (broad SMARTS) is 1. The van der Waals surface area contributed by atoms with E-state index in [9.17, 15) is 9.90 Å². The summed E-state index contributed by atoms with van der Waals surface area (Å²) in [6.07, 6.45) is 2.02. The SMILES string of the molecule is Cc1ccc(CN(C)CCC(N)(CCCCB(O)O)C(=O)O)cc1. The molecule has 0 fully saturated rings. The molecule has 6 nitrogen and oxygen atoms in total. The van der Waals surface area contributed by atoms with Gasteiger partial charge in [-0.2, -0.15) is 0 Å². The molecule has 0 aliphatic carbocycles. The van der Waals surface area contributed by atoms with Gasteiger partial charge in [-0.3, -0.25) is 4.79 Å². The van der Waals surface area contributed by atoms with Crippen LogP contribution in [0.1, 0.15) is 36.8 Å². The van der Waals surface area contributed by atoms with E-state index < -0.39 is 18.6 Å². The molecule has 0 heterocycles. The highest BCUT2D eigenvalue weighted by atomic mass is 16.4. The third-order valence-corrected chi connectivity index (χ3v) is 4.27. The molecule has 1 unspecified atom stereocenters. The lowest BCUT2D eigenvalue weighted by atomic mass is 9.81. The van der Waals surface area contributed by atoms with Gasteiger partial charge in [-0.15, -0.1) is 0 Å². The molecule has 1 aromatic rings. The number of aryl methyl sites for hydroxylation is 1. The fraction of sp³-hybridized carbons (Fsp3) is 0.588. The standard InChI is InChI=1S/C17H29BN2O4/c1-14-5-7-15(8-6-14)13-20(2)12-10-17(19,16(21)22)9-3-4-11-18(23)24/h5-8,23-24H,3-4,9-13,19H2,1-2H3,(H,21,22). The first kappa shape index (κ1) is 20.6. The third-order valence-electron chi connectivity index (χ3n) is 4.27. The summed E-state index contributed by atoms with van der Waals surface area (Å²) in [4.78, 5) is 13.6. The summed E-state index contributed by atoms with van der Waals surface area (Å²) < 4.78 is 0. The van der Waals surface area contributed by atoms with Crippen LogP contribution in [0, 0.1) is 6.92 Å². The van der Waals surface area contributed by atoms with Crippen molar-refractivity contribution in [2.45, 2.75) is 51.0 Å². The number of hydrogen-bond acceptors (Lipinski definition) is 5. The minimum absolute atomic E-state index is 0.239. The average molecular weight is 336 g/mol. The molecule has 0 amide bonds. The number of rotatable bonds is 11. The Balaban J connectivity index is 2.46. The molecule has 134 valence electrons. The van der Waals surface area contributed by atoms with E-state index in [1.54, 1.807) is 0 Å². The summed E-state index contributed by atoms with van der Waals surface area (Å²) >= 11 is 0. The molecule has 0 aliphatic rings. The van der Waals surface area contributed by atoms with E-state index in [0.29, 0.717) is 32.2 Å². The van der Waals surface area contributed by atoms with Crippen molar-refractivity contribution in [2.75, 3.05) is 13.6 Å². The van der Waals surface area contributed by atoms with E-state index in [1.165, 1.54) is 11.1 Å². The monoisotopic (exact) mass is 336 g/mol. The lowest BCUT2D eigenvalue weighted by Crippen LogP contribution is -2.49. The molecule has 1 aromatic carbocycles. The topological polar surface area (TPSA) is 107 Å². The van der Waals surface area contributed by atoms with E-state index in [0.717, 1.165) is 6.54 Å². The van der Waals surface area contributed by atoms with Crippen molar-refractivity contribution in [1.82, 2.24) is 4.90 Å². The molecule has 1 rings (SSSR count). The summed E-state index contributed by atoms with van der Waals surface area (Å²) in [5.74, 6) is -1.00. The van der Waals surface area contributed by atoms with Gasteiger partial charge in [0.2, 0.25) is 0 Å². The van der Waals surface area contributed by atoms with Crippen molar-refractivity contribution >= 4 is 13.1 Å². The fourth-order valence-corrected chi connectivity index (χ4v) is 2.58. The van der Waals surface area contributed by atoms with Gasteiger partial charge in [0.1, 0.15) is 5.54 Å². The second-order valence-corrected chi connectivity index (χ2v) is 6.66. The molecule has 7 heteroatoms. The van der Waals surface area contributed by atoms with E-state index in [-0.39, 0.29) is 6.32 Å². The zero-order valence-electron chi connectivity index (χ0n) is 14.6.